The molecule has 1 heterocycles. The molecule has 1 N–H and O–H groups in total. The molecule has 0 bridgehead atoms. The van der Waals surface area contributed by atoms with Gasteiger partial charge in [-0.3, -0.25) is 4.79 Å². The molecule has 1 aromatic carbocycles. The summed E-state index contributed by atoms with van der Waals surface area (Å²) in [6, 6.07) is 7.83. The number of nitrogens with one attached hydrogen (secondary N) is 1. The molecule has 2 aromatic rings. The molecule has 0 fully saturated rings. The number of hydrogen-bond acceptors (Lipinski definition) is 4. The van der Waals surface area contributed by atoms with E-state index >= 15 is 0 Å². The number of benzene rings is 1. The fourth-order valence-electron chi connectivity index (χ4n) is 1.86. The third kappa shape index (κ3) is 4.01. The van der Waals surface area contributed by atoms with E-state index in [9.17, 15) is 4.79 Å². The maximum atomic E-state index is 12.3. The number of nitrogens with zero attached hydrogens (tertiary/aromatic N) is 3. The second-order valence-corrected chi connectivity index (χ2v) is 5.42. The van der Waals surface area contributed by atoms with Crippen molar-refractivity contribution in [2.75, 3.05) is 18.9 Å². The van der Waals surface area contributed by atoms with E-state index in [2.05, 4.69) is 31.2 Å². The monoisotopic (exact) mass is 348 g/mol. The molecule has 0 radical (unpaired) electrons. The molecular weight excluding hydrogens is 332 g/mol. The largest absolute Gasteiger partial charge is 0.369 e. The Labute approximate surface area is 132 Å². The minimum Gasteiger partial charge on any atom is -0.369 e. The summed E-state index contributed by atoms with van der Waals surface area (Å²) < 4.78 is 0.984. The summed E-state index contributed by atoms with van der Waals surface area (Å²) in [7, 11) is 1.75. The van der Waals surface area contributed by atoms with Crippen LogP contribution in [0.3, 0.4) is 0 Å². The first-order valence-corrected chi connectivity index (χ1v) is 7.46. The number of anilines is 1. The lowest BCUT2D eigenvalue weighted by molar-refractivity contribution is 0.0778. The zero-order chi connectivity index (χ0) is 15.2. The van der Waals surface area contributed by atoms with E-state index in [1.54, 1.807) is 18.1 Å². The van der Waals surface area contributed by atoms with E-state index in [0.717, 1.165) is 16.6 Å². The molecule has 0 saturated heterocycles. The Morgan fingerprint density at radius 3 is 2.67 bits per heavy atom. The highest BCUT2D eigenvalue weighted by molar-refractivity contribution is 9.10. The SMILES string of the molecule is CCNc1cnc(C(=O)N(C)Cc2ccccc2Br)cn1. The Morgan fingerprint density at radius 2 is 2.05 bits per heavy atom. The van der Waals surface area contributed by atoms with Gasteiger partial charge in [-0.2, -0.15) is 0 Å². The van der Waals surface area contributed by atoms with Gasteiger partial charge in [-0.1, -0.05) is 34.1 Å². The number of rotatable bonds is 5. The lowest BCUT2D eigenvalue weighted by atomic mass is 10.2. The highest BCUT2D eigenvalue weighted by Crippen LogP contribution is 2.18. The van der Waals surface area contributed by atoms with Crippen molar-refractivity contribution < 1.29 is 4.79 Å². The third-order valence-corrected chi connectivity index (χ3v) is 3.71. The molecule has 2 rings (SSSR count). The van der Waals surface area contributed by atoms with Gasteiger partial charge in [0.2, 0.25) is 0 Å². The quantitative estimate of drug-likeness (QED) is 0.902. The summed E-state index contributed by atoms with van der Waals surface area (Å²) in [6.07, 6.45) is 3.07. The highest BCUT2D eigenvalue weighted by atomic mass is 79.9. The molecule has 0 aliphatic rings. The lowest BCUT2D eigenvalue weighted by Crippen LogP contribution is -2.27. The van der Waals surface area contributed by atoms with Gasteiger partial charge in [-0.25, -0.2) is 9.97 Å². The van der Waals surface area contributed by atoms with Crippen molar-refractivity contribution in [2.45, 2.75) is 13.5 Å². The van der Waals surface area contributed by atoms with Crippen LogP contribution in [0.5, 0.6) is 0 Å². The predicted octanol–water partition coefficient (Wildman–Crippen LogP) is 2.94. The summed E-state index contributed by atoms with van der Waals surface area (Å²) in [4.78, 5) is 22.3. The molecule has 110 valence electrons. The minimum absolute atomic E-state index is 0.152. The molecule has 0 atom stereocenters. The second kappa shape index (κ2) is 7.17. The first-order chi connectivity index (χ1) is 10.1. The molecule has 0 aliphatic heterocycles. The number of carbonyl (C=O) groups excluding carboxylic acids is 1. The second-order valence-electron chi connectivity index (χ2n) is 4.57. The van der Waals surface area contributed by atoms with Crippen LogP contribution in [0.15, 0.2) is 41.1 Å². The van der Waals surface area contributed by atoms with Crippen LogP contribution >= 0.6 is 15.9 Å². The van der Waals surface area contributed by atoms with Crippen molar-refractivity contribution in [1.29, 1.82) is 0 Å². The number of hydrogen-bond donors (Lipinski definition) is 1. The highest BCUT2D eigenvalue weighted by Gasteiger charge is 2.14. The van der Waals surface area contributed by atoms with Crippen molar-refractivity contribution in [1.82, 2.24) is 14.9 Å². The molecule has 0 aliphatic carbocycles. The Hall–Kier alpha value is -1.95. The zero-order valence-corrected chi connectivity index (χ0v) is 13.6. The lowest BCUT2D eigenvalue weighted by Gasteiger charge is -2.17. The Kier molecular flexibility index (Phi) is 5.27. The first kappa shape index (κ1) is 15.4. The van der Waals surface area contributed by atoms with Gasteiger partial charge in [-0.15, -0.1) is 0 Å². The molecule has 1 aromatic heterocycles. The van der Waals surface area contributed by atoms with Crippen molar-refractivity contribution in [3.8, 4) is 0 Å². The average Bonchev–Trinajstić information content (AvgIpc) is 2.50. The van der Waals surface area contributed by atoms with Crippen LogP contribution < -0.4 is 5.32 Å². The standard InChI is InChI=1S/C15H17BrN4O/c1-3-17-14-9-18-13(8-19-14)15(21)20(2)10-11-6-4-5-7-12(11)16/h4-9H,3,10H2,1-2H3,(H,17,19). The predicted molar refractivity (Wildman–Crippen MR) is 86.1 cm³/mol. The first-order valence-electron chi connectivity index (χ1n) is 6.66. The van der Waals surface area contributed by atoms with Crippen LogP contribution in [0.4, 0.5) is 5.82 Å². The number of aromatic nitrogens is 2. The zero-order valence-electron chi connectivity index (χ0n) is 12.0. The van der Waals surface area contributed by atoms with Gasteiger partial charge in [0, 0.05) is 24.6 Å². The summed E-state index contributed by atoms with van der Waals surface area (Å²) in [5, 5.41) is 3.05. The molecule has 5 nitrogen and oxygen atoms in total. The topological polar surface area (TPSA) is 58.1 Å². The fraction of sp³-hybridized carbons (Fsp3) is 0.267. The number of amides is 1. The van der Waals surface area contributed by atoms with E-state index in [-0.39, 0.29) is 5.91 Å². The van der Waals surface area contributed by atoms with Crippen LogP contribution in [0.1, 0.15) is 23.0 Å². The van der Waals surface area contributed by atoms with Gasteiger partial charge in [-0.05, 0) is 18.6 Å². The van der Waals surface area contributed by atoms with Gasteiger partial charge >= 0.3 is 0 Å². The summed E-state index contributed by atoms with van der Waals surface area (Å²) in [5.41, 5.74) is 1.39. The van der Waals surface area contributed by atoms with E-state index in [1.807, 2.05) is 31.2 Å². The Bertz CT molecular complexity index is 615. The molecular formula is C15H17BrN4O. The van der Waals surface area contributed by atoms with Crippen LogP contribution in [0.2, 0.25) is 0 Å². The van der Waals surface area contributed by atoms with E-state index in [4.69, 9.17) is 0 Å². The maximum Gasteiger partial charge on any atom is 0.274 e. The van der Waals surface area contributed by atoms with E-state index in [1.165, 1.54) is 6.20 Å². The maximum absolute atomic E-state index is 12.3. The minimum atomic E-state index is -0.152. The van der Waals surface area contributed by atoms with Crippen LogP contribution in [-0.2, 0) is 6.54 Å². The van der Waals surface area contributed by atoms with E-state index < -0.39 is 0 Å². The smallest absolute Gasteiger partial charge is 0.274 e. The Balaban J connectivity index is 2.07. The van der Waals surface area contributed by atoms with Crippen molar-refractivity contribution in [3.63, 3.8) is 0 Å². The normalized spacial score (nSPS) is 10.2. The molecule has 21 heavy (non-hydrogen) atoms. The van der Waals surface area contributed by atoms with Crippen molar-refractivity contribution in [2.24, 2.45) is 0 Å². The molecule has 0 unspecified atom stereocenters. The number of carbonyl (C=O) groups is 1. The van der Waals surface area contributed by atoms with Crippen LogP contribution in [0, 0.1) is 0 Å². The summed E-state index contributed by atoms with van der Waals surface area (Å²) >= 11 is 3.48. The van der Waals surface area contributed by atoms with Gasteiger partial charge in [0.15, 0.2) is 0 Å². The summed E-state index contributed by atoms with van der Waals surface area (Å²) in [5.74, 6) is 0.517. The fourth-order valence-corrected chi connectivity index (χ4v) is 2.27. The van der Waals surface area contributed by atoms with Crippen LogP contribution in [-0.4, -0.2) is 34.4 Å². The van der Waals surface area contributed by atoms with Gasteiger partial charge in [0.1, 0.15) is 11.5 Å². The van der Waals surface area contributed by atoms with Gasteiger partial charge < -0.3 is 10.2 Å². The average molecular weight is 349 g/mol. The van der Waals surface area contributed by atoms with Crippen molar-refractivity contribution in [3.05, 3.63) is 52.4 Å². The Morgan fingerprint density at radius 1 is 1.29 bits per heavy atom. The molecule has 0 saturated carbocycles. The van der Waals surface area contributed by atoms with Gasteiger partial charge in [0.25, 0.3) is 5.91 Å². The molecule has 1 amide bonds. The van der Waals surface area contributed by atoms with Crippen LogP contribution in [0.25, 0.3) is 0 Å². The summed E-state index contributed by atoms with van der Waals surface area (Å²) in [6.45, 7) is 3.26. The van der Waals surface area contributed by atoms with E-state index in [0.29, 0.717) is 18.1 Å². The third-order valence-electron chi connectivity index (χ3n) is 2.94. The molecule has 6 heteroatoms. The molecule has 0 spiro atoms. The van der Waals surface area contributed by atoms with Crippen molar-refractivity contribution >= 4 is 27.7 Å². The van der Waals surface area contributed by atoms with Gasteiger partial charge in [0.05, 0.1) is 12.4 Å². The number of halogens is 1.